The van der Waals surface area contributed by atoms with E-state index in [1.54, 1.807) is 4.68 Å². The van der Waals surface area contributed by atoms with Crippen LogP contribution in [0.25, 0.3) is 0 Å². The molecule has 0 spiro atoms. The van der Waals surface area contributed by atoms with Crippen LogP contribution in [-0.4, -0.2) is 25.7 Å². The average molecular weight is 404 g/mol. The lowest BCUT2D eigenvalue weighted by Gasteiger charge is -2.24. The highest BCUT2D eigenvalue weighted by molar-refractivity contribution is 6.31. The zero-order valence-corrected chi connectivity index (χ0v) is 15.3. The van der Waals surface area contributed by atoms with Crippen LogP contribution < -0.4 is 5.32 Å². The molecule has 1 aromatic carbocycles. The van der Waals surface area contributed by atoms with Gasteiger partial charge in [-0.2, -0.15) is 18.3 Å². The van der Waals surface area contributed by atoms with E-state index < -0.39 is 27.4 Å². The van der Waals surface area contributed by atoms with Crippen molar-refractivity contribution in [1.29, 1.82) is 0 Å². The first-order valence-electron chi connectivity index (χ1n) is 8.31. The molecule has 1 N–H and O–H groups in total. The normalized spacial score (nSPS) is 17.1. The second kappa shape index (κ2) is 6.99. The van der Waals surface area contributed by atoms with Crippen molar-refractivity contribution in [3.8, 4) is 0 Å². The smallest absolute Gasteiger partial charge is 0.375 e. The number of anilines is 1. The monoisotopic (exact) mass is 403 g/mol. The minimum absolute atomic E-state index is 0.0457. The minimum Gasteiger partial charge on any atom is -0.375 e. The zero-order chi connectivity index (χ0) is 19.9. The van der Waals surface area contributed by atoms with Gasteiger partial charge >= 0.3 is 6.18 Å². The van der Waals surface area contributed by atoms with Crippen LogP contribution in [0, 0.1) is 10.1 Å². The summed E-state index contributed by atoms with van der Waals surface area (Å²) in [7, 11) is 0. The van der Waals surface area contributed by atoms with Gasteiger partial charge in [-0.25, -0.2) is 9.67 Å². The molecule has 0 bridgehead atoms. The van der Waals surface area contributed by atoms with Crippen molar-refractivity contribution in [3.63, 3.8) is 0 Å². The lowest BCUT2D eigenvalue weighted by Crippen LogP contribution is -2.32. The molecule has 2 heterocycles. The van der Waals surface area contributed by atoms with E-state index in [4.69, 9.17) is 11.6 Å². The number of benzene rings is 1. The molecule has 2 aromatic rings. The third-order valence-corrected chi connectivity index (χ3v) is 4.65. The number of halogens is 4. The molecule has 7 nitrogen and oxygen atoms in total. The van der Waals surface area contributed by atoms with Crippen molar-refractivity contribution in [2.24, 2.45) is 0 Å². The van der Waals surface area contributed by atoms with Gasteiger partial charge in [0.15, 0.2) is 5.82 Å². The highest BCUT2D eigenvalue weighted by Crippen LogP contribution is 2.40. The number of nitrogens with zero attached hydrogens (tertiary/aromatic N) is 4. The molecule has 0 amide bonds. The summed E-state index contributed by atoms with van der Waals surface area (Å²) in [5, 5.41) is 18.0. The van der Waals surface area contributed by atoms with Crippen molar-refractivity contribution >= 4 is 23.0 Å². The second-order valence-electron chi connectivity index (χ2n) is 6.71. The molecule has 1 aliphatic heterocycles. The third-order valence-electron chi connectivity index (χ3n) is 4.34. The van der Waals surface area contributed by atoms with Gasteiger partial charge in [-0.05, 0) is 12.5 Å². The molecular formula is C16H17ClF3N5O2. The summed E-state index contributed by atoms with van der Waals surface area (Å²) < 4.78 is 40.6. The van der Waals surface area contributed by atoms with Crippen molar-refractivity contribution in [1.82, 2.24) is 14.8 Å². The van der Waals surface area contributed by atoms with Crippen LogP contribution >= 0.6 is 11.6 Å². The van der Waals surface area contributed by atoms with Crippen LogP contribution in [0.1, 0.15) is 43.4 Å². The molecule has 0 fully saturated rings. The number of nitro benzene ring substituents is 1. The van der Waals surface area contributed by atoms with E-state index in [0.717, 1.165) is 11.9 Å². The maximum Gasteiger partial charge on any atom is 0.418 e. The highest BCUT2D eigenvalue weighted by atomic mass is 35.5. The Morgan fingerprint density at radius 3 is 2.70 bits per heavy atom. The third kappa shape index (κ3) is 4.00. The molecule has 11 heteroatoms. The van der Waals surface area contributed by atoms with Gasteiger partial charge in [0.1, 0.15) is 11.5 Å². The van der Waals surface area contributed by atoms with Crippen LogP contribution in [0.5, 0.6) is 0 Å². The molecule has 0 saturated carbocycles. The zero-order valence-electron chi connectivity index (χ0n) is 14.5. The van der Waals surface area contributed by atoms with Gasteiger partial charge in [-0.3, -0.25) is 10.1 Å². The summed E-state index contributed by atoms with van der Waals surface area (Å²) in [4.78, 5) is 14.9. The SMILES string of the molecule is CC(C)c1nc2n(n1)C[C@@H](Nc1cc(Cl)c(C(F)(F)F)cc1[N+](=O)[O-])CC2. The molecule has 0 saturated heterocycles. The van der Waals surface area contributed by atoms with Crippen LogP contribution in [0.4, 0.5) is 24.5 Å². The van der Waals surface area contributed by atoms with E-state index in [9.17, 15) is 23.3 Å². The standard InChI is InChI=1S/C16H17ClF3N5O2/c1-8(2)15-22-14-4-3-9(7-24(14)23-15)21-12-6-11(17)10(16(18,19)20)5-13(12)25(26)27/h5-6,8-9,21H,3-4,7H2,1-2H3/t9-/m0/s1. The molecule has 3 rings (SSSR count). The van der Waals surface area contributed by atoms with E-state index in [1.807, 2.05) is 13.8 Å². The molecule has 0 radical (unpaired) electrons. The van der Waals surface area contributed by atoms with Gasteiger partial charge in [0, 0.05) is 24.4 Å². The fraction of sp³-hybridized carbons (Fsp3) is 0.500. The molecular weight excluding hydrogens is 387 g/mol. The molecule has 0 unspecified atom stereocenters. The Hall–Kier alpha value is -2.36. The summed E-state index contributed by atoms with van der Waals surface area (Å²) >= 11 is 5.72. The van der Waals surface area contributed by atoms with Crippen molar-refractivity contribution in [2.75, 3.05) is 5.32 Å². The molecule has 1 atom stereocenters. The summed E-state index contributed by atoms with van der Waals surface area (Å²) in [5.41, 5.74) is -1.94. The number of alkyl halides is 3. The van der Waals surface area contributed by atoms with E-state index in [-0.39, 0.29) is 17.6 Å². The Kier molecular flexibility index (Phi) is 5.02. The summed E-state index contributed by atoms with van der Waals surface area (Å²) in [6.45, 7) is 4.36. The first-order valence-corrected chi connectivity index (χ1v) is 8.69. The Balaban J connectivity index is 1.87. The molecule has 146 valence electrons. The molecule has 0 aliphatic carbocycles. The van der Waals surface area contributed by atoms with Crippen molar-refractivity contribution in [2.45, 2.75) is 51.4 Å². The lowest BCUT2D eigenvalue weighted by molar-refractivity contribution is -0.384. The maximum absolute atomic E-state index is 13.0. The number of nitro groups is 1. The Labute approximate surface area is 157 Å². The topological polar surface area (TPSA) is 85.9 Å². The Bertz CT molecular complexity index is 882. The minimum atomic E-state index is -4.77. The second-order valence-corrected chi connectivity index (χ2v) is 7.11. The first-order chi connectivity index (χ1) is 12.6. The number of aromatic nitrogens is 3. The fourth-order valence-corrected chi connectivity index (χ4v) is 3.23. The maximum atomic E-state index is 13.0. The van der Waals surface area contributed by atoms with Gasteiger partial charge in [-0.15, -0.1) is 0 Å². The van der Waals surface area contributed by atoms with Crippen LogP contribution in [-0.2, 0) is 19.1 Å². The predicted octanol–water partition coefficient (Wildman–Crippen LogP) is 4.41. The lowest BCUT2D eigenvalue weighted by atomic mass is 10.1. The number of nitrogens with one attached hydrogen (secondary N) is 1. The molecule has 27 heavy (non-hydrogen) atoms. The van der Waals surface area contributed by atoms with Gasteiger partial charge in [0.2, 0.25) is 0 Å². The summed E-state index contributed by atoms with van der Waals surface area (Å²) in [6, 6.07) is 1.18. The van der Waals surface area contributed by atoms with Crippen molar-refractivity contribution in [3.05, 3.63) is 44.5 Å². The largest absolute Gasteiger partial charge is 0.418 e. The number of fused-ring (bicyclic) bond motifs is 1. The summed E-state index contributed by atoms with van der Waals surface area (Å²) in [5.74, 6) is 1.72. The van der Waals surface area contributed by atoms with E-state index in [1.165, 1.54) is 0 Å². The molecule has 1 aromatic heterocycles. The predicted molar refractivity (Wildman–Crippen MR) is 93.0 cm³/mol. The number of hydrogen-bond donors (Lipinski definition) is 1. The summed E-state index contributed by atoms with van der Waals surface area (Å²) in [6.07, 6.45) is -3.54. The van der Waals surface area contributed by atoms with Crippen molar-refractivity contribution < 1.29 is 18.1 Å². The fourth-order valence-electron chi connectivity index (χ4n) is 2.96. The number of hydrogen-bond acceptors (Lipinski definition) is 5. The van der Waals surface area contributed by atoms with E-state index in [2.05, 4.69) is 15.4 Å². The Morgan fingerprint density at radius 2 is 2.11 bits per heavy atom. The average Bonchev–Trinajstić information content (AvgIpc) is 2.97. The van der Waals surface area contributed by atoms with E-state index in [0.29, 0.717) is 31.3 Å². The van der Waals surface area contributed by atoms with Gasteiger partial charge < -0.3 is 5.32 Å². The quantitative estimate of drug-likeness (QED) is 0.603. The van der Waals surface area contributed by atoms with E-state index >= 15 is 0 Å². The van der Waals surface area contributed by atoms with Gasteiger partial charge in [0.25, 0.3) is 5.69 Å². The number of rotatable bonds is 4. The van der Waals surface area contributed by atoms with Crippen LogP contribution in [0.15, 0.2) is 12.1 Å². The van der Waals surface area contributed by atoms with Crippen LogP contribution in [0.3, 0.4) is 0 Å². The number of aryl methyl sites for hydroxylation is 1. The van der Waals surface area contributed by atoms with Crippen LogP contribution in [0.2, 0.25) is 5.02 Å². The Morgan fingerprint density at radius 1 is 1.41 bits per heavy atom. The first kappa shape index (κ1) is 19.4. The molecule has 1 aliphatic rings. The van der Waals surface area contributed by atoms with Gasteiger partial charge in [0.05, 0.1) is 22.1 Å². The van der Waals surface area contributed by atoms with Gasteiger partial charge in [-0.1, -0.05) is 25.4 Å². The highest BCUT2D eigenvalue weighted by Gasteiger charge is 2.36.